The Morgan fingerprint density at radius 2 is 1.82 bits per heavy atom. The molecule has 1 aromatic rings. The highest BCUT2D eigenvalue weighted by Crippen LogP contribution is 2.36. The number of nitrogens with zero attached hydrogens (tertiary/aromatic N) is 1. The molecule has 0 heterocycles. The molecule has 0 saturated heterocycles. The molecule has 34 heavy (non-hydrogen) atoms. The van der Waals surface area contributed by atoms with E-state index in [-0.39, 0.29) is 53.7 Å². The van der Waals surface area contributed by atoms with Crippen LogP contribution in [0.4, 0.5) is 10.1 Å². The monoisotopic (exact) mass is 511 g/mol. The molecule has 0 spiro atoms. The molecule has 1 aliphatic rings. The third kappa shape index (κ3) is 6.93. The van der Waals surface area contributed by atoms with Gasteiger partial charge in [0.15, 0.2) is 0 Å². The van der Waals surface area contributed by atoms with Gasteiger partial charge in [-0.05, 0) is 44.7 Å². The van der Waals surface area contributed by atoms with Crippen molar-refractivity contribution in [2.24, 2.45) is 0 Å². The van der Waals surface area contributed by atoms with E-state index >= 15 is 0 Å². The zero-order valence-electron chi connectivity index (χ0n) is 19.2. The maximum absolute atomic E-state index is 15.0. The lowest BCUT2D eigenvalue weighted by molar-refractivity contribution is -0.140. The van der Waals surface area contributed by atoms with Crippen LogP contribution in [0.15, 0.2) is 40.8 Å². The third-order valence-electron chi connectivity index (χ3n) is 4.95. The molecule has 0 radical (unpaired) electrons. The maximum Gasteiger partial charge on any atom is 0.334 e. The minimum Gasteiger partial charge on any atom is -0.465 e. The van der Waals surface area contributed by atoms with Crippen LogP contribution >= 0.6 is 23.4 Å². The van der Waals surface area contributed by atoms with E-state index in [1.165, 1.54) is 12.1 Å². The molecule has 2 amide bonds. The quantitative estimate of drug-likeness (QED) is 0.248. The summed E-state index contributed by atoms with van der Waals surface area (Å²) >= 11 is 7.14. The van der Waals surface area contributed by atoms with Gasteiger partial charge in [-0.15, -0.1) is 11.8 Å². The average molecular weight is 512 g/mol. The average Bonchev–Trinajstić information content (AvgIpc) is 2.83. The van der Waals surface area contributed by atoms with E-state index in [1.54, 1.807) is 13.8 Å². The highest BCUT2D eigenvalue weighted by Gasteiger charge is 2.33. The Hall–Kier alpha value is -2.65. The molecule has 0 N–H and O–H groups in total. The molecule has 2 rings (SSSR count). The van der Waals surface area contributed by atoms with Crippen LogP contribution in [0.1, 0.15) is 46.0 Å². The predicted octanol–water partition coefficient (Wildman–Crippen LogP) is 5.00. The second kappa shape index (κ2) is 13.3. The van der Waals surface area contributed by atoms with Crippen LogP contribution in [0, 0.1) is 5.82 Å². The van der Waals surface area contributed by atoms with E-state index in [0.29, 0.717) is 24.2 Å². The van der Waals surface area contributed by atoms with Crippen LogP contribution in [0.2, 0.25) is 5.02 Å². The first-order chi connectivity index (χ1) is 16.2. The van der Waals surface area contributed by atoms with E-state index in [2.05, 4.69) is 6.58 Å². The lowest BCUT2D eigenvalue weighted by Gasteiger charge is -2.26. The zero-order valence-corrected chi connectivity index (χ0v) is 20.7. The molecular weight excluding hydrogens is 485 g/mol. The second-order valence-electron chi connectivity index (χ2n) is 7.27. The Balaban J connectivity index is 2.50. The van der Waals surface area contributed by atoms with Gasteiger partial charge in [-0.3, -0.25) is 14.4 Å². The van der Waals surface area contributed by atoms with Crippen LogP contribution < -0.4 is 4.90 Å². The highest BCUT2D eigenvalue weighted by molar-refractivity contribution is 8.00. The molecule has 184 valence electrons. The summed E-state index contributed by atoms with van der Waals surface area (Å²) in [6, 6.07) is 2.24. The Morgan fingerprint density at radius 3 is 2.44 bits per heavy atom. The van der Waals surface area contributed by atoms with Crippen molar-refractivity contribution in [3.8, 4) is 0 Å². The van der Waals surface area contributed by atoms with Gasteiger partial charge in [0.1, 0.15) is 12.4 Å². The van der Waals surface area contributed by atoms with E-state index < -0.39 is 29.6 Å². The summed E-state index contributed by atoms with van der Waals surface area (Å²) in [6.07, 6.45) is 3.22. The minimum atomic E-state index is -0.882. The van der Waals surface area contributed by atoms with Gasteiger partial charge in [-0.1, -0.05) is 31.2 Å². The number of benzene rings is 1. The van der Waals surface area contributed by atoms with E-state index in [1.807, 2.05) is 0 Å². The van der Waals surface area contributed by atoms with E-state index in [4.69, 9.17) is 21.1 Å². The first-order valence-electron chi connectivity index (χ1n) is 10.9. The topological polar surface area (TPSA) is 90.0 Å². The first-order valence-corrected chi connectivity index (χ1v) is 12.3. The van der Waals surface area contributed by atoms with Gasteiger partial charge in [-0.2, -0.15) is 0 Å². The van der Waals surface area contributed by atoms with Gasteiger partial charge in [0.05, 0.1) is 23.1 Å². The van der Waals surface area contributed by atoms with Gasteiger partial charge in [0.25, 0.3) is 5.91 Å². The van der Waals surface area contributed by atoms with Crippen molar-refractivity contribution in [2.75, 3.05) is 23.9 Å². The molecule has 1 aromatic carbocycles. The Labute approximate surface area is 207 Å². The highest BCUT2D eigenvalue weighted by atomic mass is 35.5. The molecule has 0 aliphatic heterocycles. The molecule has 1 aliphatic carbocycles. The largest absolute Gasteiger partial charge is 0.465 e. The first kappa shape index (κ1) is 27.6. The number of amides is 2. The summed E-state index contributed by atoms with van der Waals surface area (Å²) in [4.78, 5) is 51.6. The van der Waals surface area contributed by atoms with Crippen LogP contribution in [-0.4, -0.2) is 42.7 Å². The van der Waals surface area contributed by atoms with Crippen LogP contribution in [-0.2, 0) is 28.7 Å². The number of carbonyl (C=O) groups is 4. The molecule has 7 nitrogen and oxygen atoms in total. The smallest absolute Gasteiger partial charge is 0.334 e. The molecular formula is C24H27ClFNO6S. The number of halogens is 2. The molecule has 0 aromatic heterocycles. The van der Waals surface area contributed by atoms with Crippen molar-refractivity contribution in [1.82, 2.24) is 0 Å². The molecule has 10 heteroatoms. The van der Waals surface area contributed by atoms with Crippen molar-refractivity contribution in [2.45, 2.75) is 50.8 Å². The minimum absolute atomic E-state index is 0.0196. The Morgan fingerprint density at radius 1 is 1.15 bits per heavy atom. The Kier molecular flexibility index (Phi) is 10.8. The number of carbonyl (C=O) groups excluding carboxylic acids is 4. The summed E-state index contributed by atoms with van der Waals surface area (Å²) < 4.78 is 25.0. The van der Waals surface area contributed by atoms with E-state index in [0.717, 1.165) is 22.7 Å². The van der Waals surface area contributed by atoms with Crippen molar-refractivity contribution in [1.29, 1.82) is 0 Å². The van der Waals surface area contributed by atoms with Crippen molar-refractivity contribution in [3.05, 3.63) is 46.8 Å². The number of anilines is 1. The van der Waals surface area contributed by atoms with E-state index in [9.17, 15) is 23.6 Å². The summed E-state index contributed by atoms with van der Waals surface area (Å²) in [6.45, 7) is 6.91. The summed E-state index contributed by atoms with van der Waals surface area (Å²) in [5.74, 6) is -3.54. The molecule has 0 bridgehead atoms. The third-order valence-corrected chi connectivity index (χ3v) is 6.41. The lowest BCUT2D eigenvalue weighted by atomic mass is 9.90. The number of esters is 2. The molecule has 0 fully saturated rings. The van der Waals surface area contributed by atoms with Gasteiger partial charge < -0.3 is 9.47 Å². The lowest BCUT2D eigenvalue weighted by Crippen LogP contribution is -2.39. The SMILES string of the molecule is C=CCOC(=O)C1=C(C(=O)N(C(=O)CC)c2cc(SCC(=O)OCC)c(Cl)cc2F)CCCC1. The molecule has 0 saturated carbocycles. The standard InChI is InChI=1S/C24H27ClFNO6S/c1-4-11-33-24(31)16-10-8-7-9-15(16)23(30)27(21(28)5-2)19-13-20(17(25)12-18(19)26)34-14-22(29)32-6-3/h4,12-13H,1,5-11,14H2,2-3H3. The van der Waals surface area contributed by atoms with Crippen molar-refractivity contribution < 1.29 is 33.0 Å². The number of rotatable bonds is 10. The maximum atomic E-state index is 15.0. The van der Waals surface area contributed by atoms with Crippen LogP contribution in [0.3, 0.4) is 0 Å². The summed E-state index contributed by atoms with van der Waals surface area (Å²) in [5.41, 5.74) is -0.0000330. The number of imide groups is 1. The van der Waals surface area contributed by atoms with Crippen molar-refractivity contribution >= 4 is 52.8 Å². The fourth-order valence-corrected chi connectivity index (χ4v) is 4.44. The van der Waals surface area contributed by atoms with Gasteiger partial charge in [-0.25, -0.2) is 14.1 Å². The number of thioether (sulfide) groups is 1. The fourth-order valence-electron chi connectivity index (χ4n) is 3.38. The summed E-state index contributed by atoms with van der Waals surface area (Å²) in [7, 11) is 0. The Bertz CT molecular complexity index is 1010. The summed E-state index contributed by atoms with van der Waals surface area (Å²) in [5, 5.41) is 0.0254. The number of hydrogen-bond donors (Lipinski definition) is 0. The fraction of sp³-hybridized carbons (Fsp3) is 0.417. The molecule has 0 unspecified atom stereocenters. The van der Waals surface area contributed by atoms with Gasteiger partial charge in [0, 0.05) is 22.5 Å². The van der Waals surface area contributed by atoms with Crippen LogP contribution in [0.25, 0.3) is 0 Å². The van der Waals surface area contributed by atoms with Crippen LogP contribution in [0.5, 0.6) is 0 Å². The number of hydrogen-bond acceptors (Lipinski definition) is 7. The predicted molar refractivity (Wildman–Crippen MR) is 128 cm³/mol. The molecule has 0 atom stereocenters. The van der Waals surface area contributed by atoms with Gasteiger partial charge in [0.2, 0.25) is 5.91 Å². The normalized spacial score (nSPS) is 13.3. The van der Waals surface area contributed by atoms with Gasteiger partial charge >= 0.3 is 11.9 Å². The number of ether oxygens (including phenoxy) is 2. The zero-order chi connectivity index (χ0) is 25.3. The van der Waals surface area contributed by atoms with Crippen molar-refractivity contribution in [3.63, 3.8) is 0 Å². The second-order valence-corrected chi connectivity index (χ2v) is 8.69.